The van der Waals surface area contributed by atoms with E-state index in [9.17, 15) is 0 Å². The van der Waals surface area contributed by atoms with Crippen LogP contribution in [0.15, 0.2) is 5.10 Å². The number of hydrogen-bond acceptors (Lipinski definition) is 4. The molecule has 0 saturated carbocycles. The molecule has 0 aromatic rings. The van der Waals surface area contributed by atoms with Crippen LogP contribution >= 0.6 is 0 Å². The molecule has 0 radical (unpaired) electrons. The first-order valence-electron chi connectivity index (χ1n) is 3.85. The molecule has 4 nitrogen and oxygen atoms in total. The molecule has 2 rings (SSSR count). The van der Waals surface area contributed by atoms with E-state index in [1.54, 1.807) is 0 Å². The van der Waals surface area contributed by atoms with Crippen molar-refractivity contribution in [3.8, 4) is 0 Å². The molecule has 3 unspecified atom stereocenters. The van der Waals surface area contributed by atoms with Crippen LogP contribution in [0.1, 0.15) is 13.3 Å². The predicted molar refractivity (Wildman–Crippen MR) is 40.0 cm³/mol. The molecule has 2 fully saturated rings. The second-order valence-corrected chi connectivity index (χ2v) is 3.14. The summed E-state index contributed by atoms with van der Waals surface area (Å²) in [4.78, 5) is 0. The fourth-order valence-corrected chi connectivity index (χ4v) is 1.56. The van der Waals surface area contributed by atoms with E-state index >= 15 is 0 Å². The lowest BCUT2D eigenvalue weighted by Gasteiger charge is -2.24. The molecular formula is C7H12N2O2. The highest BCUT2D eigenvalue weighted by Crippen LogP contribution is 2.29. The fourth-order valence-electron chi connectivity index (χ4n) is 1.56. The van der Waals surface area contributed by atoms with Gasteiger partial charge in [0, 0.05) is 0 Å². The molecule has 0 amide bonds. The highest BCUT2D eigenvalue weighted by atomic mass is 16.7. The molecule has 2 N–H and O–H groups in total. The molecule has 2 bridgehead atoms. The van der Waals surface area contributed by atoms with E-state index < -0.39 is 0 Å². The maximum Gasteiger partial charge on any atom is 0.199 e. The van der Waals surface area contributed by atoms with Gasteiger partial charge in [-0.15, -0.1) is 0 Å². The van der Waals surface area contributed by atoms with E-state index in [4.69, 9.17) is 15.3 Å². The summed E-state index contributed by atoms with van der Waals surface area (Å²) in [6.07, 6.45) is 0.915. The summed E-state index contributed by atoms with van der Waals surface area (Å²) >= 11 is 0. The van der Waals surface area contributed by atoms with Crippen LogP contribution in [0, 0.1) is 5.92 Å². The number of rotatable bonds is 0. The Morgan fingerprint density at radius 3 is 3.18 bits per heavy atom. The van der Waals surface area contributed by atoms with Crippen molar-refractivity contribution in [3.05, 3.63) is 0 Å². The molecule has 0 spiro atoms. The smallest absolute Gasteiger partial charge is 0.199 e. The summed E-state index contributed by atoms with van der Waals surface area (Å²) in [6, 6.07) is 0. The molecule has 11 heavy (non-hydrogen) atoms. The molecular weight excluding hydrogens is 144 g/mol. The minimum absolute atomic E-state index is 0.249. The number of hydrogen-bond donors (Lipinski definition) is 1. The number of nitrogens with zero attached hydrogens (tertiary/aromatic N) is 1. The maximum atomic E-state index is 5.48. The molecule has 2 saturated heterocycles. The second kappa shape index (κ2) is 2.46. The van der Waals surface area contributed by atoms with Crippen molar-refractivity contribution >= 4 is 5.71 Å². The van der Waals surface area contributed by atoms with Crippen LogP contribution < -0.4 is 5.84 Å². The standard InChI is InChI=1S/C7H12N2O2/c1-4-2-5(9-8)7-10-3-6(4)11-7/h4,6-7H,2-3,8H2,1H3. The Balaban J connectivity index is 2.17. The Hall–Kier alpha value is -0.610. The van der Waals surface area contributed by atoms with Gasteiger partial charge >= 0.3 is 0 Å². The number of hydrazone groups is 1. The quantitative estimate of drug-likeness (QED) is 0.399. The van der Waals surface area contributed by atoms with Gasteiger partial charge in [0.25, 0.3) is 0 Å². The molecule has 0 aromatic carbocycles. The number of fused-ring (bicyclic) bond motifs is 2. The molecule has 2 heterocycles. The number of nitrogens with two attached hydrogens (primary N) is 1. The SMILES string of the molecule is CC1CC(=NN)C2OCC1O2. The van der Waals surface area contributed by atoms with Crippen LogP contribution in [0.4, 0.5) is 0 Å². The van der Waals surface area contributed by atoms with E-state index in [0.29, 0.717) is 12.5 Å². The summed E-state index contributed by atoms with van der Waals surface area (Å²) in [7, 11) is 0. The van der Waals surface area contributed by atoms with Gasteiger partial charge in [0.15, 0.2) is 6.29 Å². The zero-order valence-electron chi connectivity index (χ0n) is 6.49. The second-order valence-electron chi connectivity index (χ2n) is 3.14. The Bertz CT molecular complexity index is 193. The van der Waals surface area contributed by atoms with Gasteiger partial charge in [0.1, 0.15) is 0 Å². The Morgan fingerprint density at radius 1 is 1.64 bits per heavy atom. The summed E-state index contributed by atoms with van der Waals surface area (Å²) in [6.45, 7) is 2.81. The molecule has 2 aliphatic rings. The van der Waals surface area contributed by atoms with Crippen molar-refractivity contribution in [2.45, 2.75) is 25.7 Å². The van der Waals surface area contributed by atoms with E-state index in [-0.39, 0.29) is 12.4 Å². The van der Waals surface area contributed by atoms with Crippen LogP contribution in [0.25, 0.3) is 0 Å². The van der Waals surface area contributed by atoms with E-state index in [1.165, 1.54) is 0 Å². The lowest BCUT2D eigenvalue weighted by molar-refractivity contribution is -0.0301. The Labute approximate surface area is 65.3 Å². The average molecular weight is 156 g/mol. The van der Waals surface area contributed by atoms with Crippen LogP contribution in [0.5, 0.6) is 0 Å². The van der Waals surface area contributed by atoms with Crippen molar-refractivity contribution in [1.82, 2.24) is 0 Å². The van der Waals surface area contributed by atoms with Crippen LogP contribution in [0.3, 0.4) is 0 Å². The molecule has 3 atom stereocenters. The summed E-state index contributed by atoms with van der Waals surface area (Å²) < 4.78 is 10.8. The number of ether oxygens (including phenoxy) is 2. The minimum Gasteiger partial charge on any atom is -0.345 e. The zero-order valence-corrected chi connectivity index (χ0v) is 6.49. The monoisotopic (exact) mass is 156 g/mol. The van der Waals surface area contributed by atoms with Gasteiger partial charge < -0.3 is 15.3 Å². The topological polar surface area (TPSA) is 56.8 Å². The van der Waals surface area contributed by atoms with Gasteiger partial charge in [-0.05, 0) is 12.3 Å². The van der Waals surface area contributed by atoms with Crippen LogP contribution in [-0.2, 0) is 9.47 Å². The van der Waals surface area contributed by atoms with Crippen LogP contribution in [0.2, 0.25) is 0 Å². The van der Waals surface area contributed by atoms with E-state index in [0.717, 1.165) is 12.1 Å². The molecule has 0 aliphatic carbocycles. The predicted octanol–water partition coefficient (Wildman–Crippen LogP) is 0.0824. The molecule has 0 aromatic heterocycles. The van der Waals surface area contributed by atoms with Gasteiger partial charge in [-0.3, -0.25) is 0 Å². The highest BCUT2D eigenvalue weighted by molar-refractivity contribution is 5.88. The average Bonchev–Trinajstić information content (AvgIpc) is 2.43. The Kier molecular flexibility index (Phi) is 1.58. The lowest BCUT2D eigenvalue weighted by Crippen LogP contribution is -2.34. The third kappa shape index (κ3) is 1.02. The van der Waals surface area contributed by atoms with Gasteiger partial charge in [-0.25, -0.2) is 0 Å². The largest absolute Gasteiger partial charge is 0.345 e. The van der Waals surface area contributed by atoms with Gasteiger partial charge in [0.2, 0.25) is 0 Å². The van der Waals surface area contributed by atoms with Crippen molar-refractivity contribution in [3.63, 3.8) is 0 Å². The lowest BCUT2D eigenvalue weighted by atomic mass is 9.97. The molecule has 2 aliphatic heterocycles. The zero-order chi connectivity index (χ0) is 7.84. The first-order valence-corrected chi connectivity index (χ1v) is 3.85. The van der Waals surface area contributed by atoms with Gasteiger partial charge in [0.05, 0.1) is 18.4 Å². The van der Waals surface area contributed by atoms with E-state index in [2.05, 4.69) is 12.0 Å². The van der Waals surface area contributed by atoms with Gasteiger partial charge in [-0.1, -0.05) is 6.92 Å². The maximum absolute atomic E-state index is 5.48. The van der Waals surface area contributed by atoms with Crippen molar-refractivity contribution in [1.29, 1.82) is 0 Å². The molecule has 4 heteroatoms. The summed E-state index contributed by atoms with van der Waals surface area (Å²) in [5.74, 6) is 5.66. The van der Waals surface area contributed by atoms with Crippen molar-refractivity contribution in [2.75, 3.05) is 6.61 Å². The van der Waals surface area contributed by atoms with Crippen molar-refractivity contribution < 1.29 is 9.47 Å². The van der Waals surface area contributed by atoms with Gasteiger partial charge in [-0.2, -0.15) is 5.10 Å². The first-order chi connectivity index (χ1) is 5.31. The first kappa shape index (κ1) is 7.06. The van der Waals surface area contributed by atoms with Crippen molar-refractivity contribution in [2.24, 2.45) is 16.9 Å². The minimum atomic E-state index is -0.249. The molecule has 62 valence electrons. The fraction of sp³-hybridized carbons (Fsp3) is 0.857. The van der Waals surface area contributed by atoms with E-state index in [1.807, 2.05) is 0 Å². The third-order valence-electron chi connectivity index (χ3n) is 2.31. The summed E-state index contributed by atoms with van der Waals surface area (Å²) in [5, 5.41) is 3.64. The highest BCUT2D eigenvalue weighted by Gasteiger charge is 2.39. The third-order valence-corrected chi connectivity index (χ3v) is 2.31. The normalized spacial score (nSPS) is 46.6. The Morgan fingerprint density at radius 2 is 2.45 bits per heavy atom. The van der Waals surface area contributed by atoms with Crippen LogP contribution in [-0.4, -0.2) is 24.7 Å². The summed E-state index contributed by atoms with van der Waals surface area (Å²) in [5.41, 5.74) is 0.839.